The Morgan fingerprint density at radius 3 is 2.83 bits per heavy atom. The molecule has 5 aliphatic rings. The standard InChI is InChI=1S/C21H26FN3O4/c1-29-20-17-13(19(26)14(21(27)28)9-25(17)12-4-5-12)7-15(22)18(20)24-8-11-3-2-6-23-16(11)10-24/h7,10-12,14,16,18,20,23H,2-6,8-9H2,1H3/p+1/t11-,14?,16+,18?,20?/m0/s1. The van der Waals surface area contributed by atoms with Crippen LogP contribution in [0.3, 0.4) is 0 Å². The maximum absolute atomic E-state index is 15.4. The summed E-state index contributed by atoms with van der Waals surface area (Å²) in [7, 11) is 1.54. The van der Waals surface area contributed by atoms with Gasteiger partial charge in [-0.25, -0.2) is 8.97 Å². The van der Waals surface area contributed by atoms with Crippen molar-refractivity contribution >= 4 is 18.0 Å². The molecule has 0 radical (unpaired) electrons. The van der Waals surface area contributed by atoms with Crippen LogP contribution in [0.4, 0.5) is 4.39 Å². The number of nitrogens with zero attached hydrogens (tertiary/aromatic N) is 2. The molecule has 5 atom stereocenters. The van der Waals surface area contributed by atoms with Gasteiger partial charge >= 0.3 is 5.97 Å². The lowest BCUT2D eigenvalue weighted by Gasteiger charge is -2.41. The minimum atomic E-state index is -1.15. The summed E-state index contributed by atoms with van der Waals surface area (Å²) in [6.07, 6.45) is 6.85. The van der Waals surface area contributed by atoms with Crippen LogP contribution in [0.25, 0.3) is 0 Å². The van der Waals surface area contributed by atoms with Gasteiger partial charge in [0.15, 0.2) is 23.9 Å². The average molecular weight is 404 g/mol. The number of carboxylic acids is 1. The minimum Gasteiger partial charge on any atom is -0.481 e. The average Bonchev–Trinajstić information content (AvgIpc) is 3.45. The monoisotopic (exact) mass is 404 g/mol. The molecule has 2 N–H and O–H groups in total. The van der Waals surface area contributed by atoms with Crippen molar-refractivity contribution in [1.29, 1.82) is 0 Å². The fraction of sp³-hybridized carbons (Fsp3) is 0.667. The maximum Gasteiger partial charge on any atom is 0.316 e. The van der Waals surface area contributed by atoms with Gasteiger partial charge in [0.2, 0.25) is 6.04 Å². The summed E-state index contributed by atoms with van der Waals surface area (Å²) >= 11 is 0. The molecule has 0 aromatic heterocycles. The number of hydrogen-bond acceptors (Lipinski definition) is 5. The van der Waals surface area contributed by atoms with Crippen LogP contribution in [0.5, 0.6) is 0 Å². The fourth-order valence-corrected chi connectivity index (χ4v) is 5.42. The molecule has 0 amide bonds. The number of carbonyl (C=O) groups is 2. The maximum atomic E-state index is 15.4. The number of aliphatic carboxylic acids is 1. The summed E-state index contributed by atoms with van der Waals surface area (Å²) in [5.74, 6) is -2.80. The molecule has 156 valence electrons. The van der Waals surface area contributed by atoms with Crippen LogP contribution in [-0.4, -0.2) is 83.5 Å². The zero-order valence-corrected chi connectivity index (χ0v) is 16.5. The van der Waals surface area contributed by atoms with E-state index in [2.05, 4.69) is 11.5 Å². The van der Waals surface area contributed by atoms with E-state index in [4.69, 9.17) is 4.74 Å². The number of rotatable bonds is 4. The first kappa shape index (κ1) is 18.9. The van der Waals surface area contributed by atoms with E-state index < -0.39 is 35.6 Å². The number of nitrogens with one attached hydrogen (secondary N) is 1. The van der Waals surface area contributed by atoms with Crippen molar-refractivity contribution < 1.29 is 28.4 Å². The molecule has 3 aliphatic heterocycles. The molecule has 0 aromatic rings. The largest absolute Gasteiger partial charge is 0.481 e. The van der Waals surface area contributed by atoms with Gasteiger partial charge in [-0.2, -0.15) is 0 Å². The van der Waals surface area contributed by atoms with E-state index in [1.54, 1.807) is 7.11 Å². The van der Waals surface area contributed by atoms with Crippen molar-refractivity contribution in [2.24, 2.45) is 11.8 Å². The van der Waals surface area contributed by atoms with Crippen LogP contribution in [0.15, 0.2) is 23.2 Å². The number of carbonyl (C=O) groups excluding carboxylic acids is 1. The van der Waals surface area contributed by atoms with E-state index in [0.29, 0.717) is 11.6 Å². The molecule has 3 unspecified atom stereocenters. The summed E-state index contributed by atoms with van der Waals surface area (Å²) < 4.78 is 23.2. The normalized spacial score (nSPS) is 37.1. The second kappa shape index (κ2) is 7.02. The molecule has 3 heterocycles. The number of allylic oxidation sites excluding steroid dienone is 2. The lowest BCUT2D eigenvalue weighted by Crippen LogP contribution is -2.53. The highest BCUT2D eigenvalue weighted by Gasteiger charge is 2.53. The lowest BCUT2D eigenvalue weighted by molar-refractivity contribution is -0.562. The Kier molecular flexibility index (Phi) is 4.58. The second-order valence-corrected chi connectivity index (χ2v) is 8.80. The van der Waals surface area contributed by atoms with E-state index in [9.17, 15) is 14.7 Å². The molecular weight excluding hydrogens is 377 g/mol. The Morgan fingerprint density at radius 2 is 2.17 bits per heavy atom. The van der Waals surface area contributed by atoms with Crippen LogP contribution in [0.1, 0.15) is 25.7 Å². The van der Waals surface area contributed by atoms with Crippen LogP contribution >= 0.6 is 0 Å². The molecule has 0 spiro atoms. The van der Waals surface area contributed by atoms with Crippen LogP contribution < -0.4 is 5.32 Å². The third-order valence-electron chi connectivity index (χ3n) is 7.00. The zero-order chi connectivity index (χ0) is 20.3. The molecule has 5 rings (SSSR count). The first-order valence-corrected chi connectivity index (χ1v) is 10.5. The van der Waals surface area contributed by atoms with Crippen LogP contribution in [-0.2, 0) is 14.3 Å². The summed E-state index contributed by atoms with van der Waals surface area (Å²) in [4.78, 5) is 26.5. The number of carboxylic acid groups (broad SMARTS) is 1. The molecule has 1 saturated heterocycles. The second-order valence-electron chi connectivity index (χ2n) is 8.80. The van der Waals surface area contributed by atoms with Crippen molar-refractivity contribution in [2.45, 2.75) is 49.9 Å². The van der Waals surface area contributed by atoms with E-state index in [-0.39, 0.29) is 24.2 Å². The van der Waals surface area contributed by atoms with Crippen LogP contribution in [0.2, 0.25) is 0 Å². The van der Waals surface area contributed by atoms with Gasteiger partial charge in [-0.15, -0.1) is 0 Å². The topological polar surface area (TPSA) is 81.9 Å². The Morgan fingerprint density at radius 1 is 1.38 bits per heavy atom. The van der Waals surface area contributed by atoms with Gasteiger partial charge in [0.25, 0.3) is 0 Å². The van der Waals surface area contributed by atoms with E-state index in [1.807, 2.05) is 9.48 Å². The van der Waals surface area contributed by atoms with E-state index in [0.717, 1.165) is 38.8 Å². The van der Waals surface area contributed by atoms with Crippen LogP contribution in [0, 0.1) is 11.8 Å². The number of fused-ring (bicyclic) bond motifs is 1. The summed E-state index contributed by atoms with van der Waals surface area (Å²) in [5, 5.41) is 13.0. The van der Waals surface area contributed by atoms with Gasteiger partial charge in [-0.3, -0.25) is 9.59 Å². The van der Waals surface area contributed by atoms with Gasteiger partial charge in [0.05, 0.1) is 11.7 Å². The summed E-state index contributed by atoms with van der Waals surface area (Å²) in [6, 6.07) is -0.176. The number of halogens is 1. The Hall–Kier alpha value is -2.06. The number of hydrogen-bond donors (Lipinski definition) is 2. The third kappa shape index (κ3) is 3.04. The molecule has 29 heavy (non-hydrogen) atoms. The minimum absolute atomic E-state index is 0.135. The van der Waals surface area contributed by atoms with Gasteiger partial charge in [-0.1, -0.05) is 0 Å². The van der Waals surface area contributed by atoms with E-state index in [1.165, 1.54) is 6.08 Å². The molecule has 8 heteroatoms. The molecule has 1 saturated carbocycles. The number of ether oxygens (including phenoxy) is 1. The van der Waals surface area contributed by atoms with Crippen molar-refractivity contribution in [3.05, 3.63) is 23.2 Å². The van der Waals surface area contributed by atoms with Gasteiger partial charge in [0.1, 0.15) is 12.5 Å². The Labute approximate surface area is 168 Å². The molecule has 0 aromatic carbocycles. The van der Waals surface area contributed by atoms with Crippen molar-refractivity contribution in [2.75, 3.05) is 26.7 Å². The number of ketones is 1. The SMILES string of the molecule is COC1C2=C(C=C(F)C1[N+]1=C[C@H]3NCCC[C@H]3C1)C(=O)C(C(=O)O)CN2C1CC1. The highest BCUT2D eigenvalue weighted by Crippen LogP contribution is 2.42. The van der Waals surface area contributed by atoms with Crippen molar-refractivity contribution in [1.82, 2.24) is 10.2 Å². The molecule has 2 aliphatic carbocycles. The van der Waals surface area contributed by atoms with Crippen molar-refractivity contribution in [3.63, 3.8) is 0 Å². The van der Waals surface area contributed by atoms with E-state index >= 15 is 4.39 Å². The third-order valence-corrected chi connectivity index (χ3v) is 7.00. The zero-order valence-electron chi connectivity index (χ0n) is 16.5. The highest BCUT2D eigenvalue weighted by atomic mass is 19.1. The smallest absolute Gasteiger partial charge is 0.316 e. The first-order valence-electron chi connectivity index (χ1n) is 10.5. The molecule has 0 bridgehead atoms. The number of methoxy groups -OCH3 is 1. The van der Waals surface area contributed by atoms with Gasteiger partial charge in [0, 0.05) is 31.2 Å². The molecular formula is C21H27FN3O4+. The fourth-order valence-electron chi connectivity index (χ4n) is 5.42. The highest BCUT2D eigenvalue weighted by molar-refractivity contribution is 6.11. The lowest BCUT2D eigenvalue weighted by atomic mass is 9.83. The predicted molar refractivity (Wildman–Crippen MR) is 102 cm³/mol. The summed E-state index contributed by atoms with van der Waals surface area (Å²) in [6.45, 7) is 1.86. The first-order chi connectivity index (χ1) is 14.0. The Bertz CT molecular complexity index is 847. The van der Waals surface area contributed by atoms with Crippen molar-refractivity contribution in [3.8, 4) is 0 Å². The predicted octanol–water partition coefficient (Wildman–Crippen LogP) is 0.704. The van der Waals surface area contributed by atoms with Gasteiger partial charge < -0.3 is 20.1 Å². The number of Topliss-reactive ketones (excluding diaryl/α,β-unsaturated/α-hetero) is 1. The summed E-state index contributed by atoms with van der Waals surface area (Å²) in [5.41, 5.74) is 0.839. The molecule has 7 nitrogen and oxygen atoms in total. The van der Waals surface area contributed by atoms with Gasteiger partial charge in [-0.05, 0) is 38.3 Å². The Balaban J connectivity index is 1.54. The molecule has 2 fully saturated rings. The quantitative estimate of drug-likeness (QED) is 0.531. The number of piperidine rings is 1.